The van der Waals surface area contributed by atoms with Gasteiger partial charge in [-0.1, -0.05) is 44.2 Å². The summed E-state index contributed by atoms with van der Waals surface area (Å²) in [5.74, 6) is 0.346. The molecule has 0 heterocycles. The van der Waals surface area contributed by atoms with E-state index in [2.05, 4.69) is 24.5 Å². The minimum atomic E-state index is -0.611. The highest BCUT2D eigenvalue weighted by Gasteiger charge is 2.26. The molecule has 0 fully saturated rings. The second-order valence-corrected chi connectivity index (χ2v) is 5.81. The molecule has 1 aromatic carbocycles. The molecule has 2 atom stereocenters. The first kappa shape index (κ1) is 16.7. The van der Waals surface area contributed by atoms with E-state index in [9.17, 15) is 9.90 Å². The van der Waals surface area contributed by atoms with Gasteiger partial charge in [0.2, 0.25) is 5.91 Å². The lowest BCUT2D eigenvalue weighted by Crippen LogP contribution is -2.49. The van der Waals surface area contributed by atoms with Crippen molar-refractivity contribution in [2.45, 2.75) is 39.3 Å². The van der Waals surface area contributed by atoms with Gasteiger partial charge in [-0.3, -0.25) is 10.1 Å². The van der Waals surface area contributed by atoms with Gasteiger partial charge < -0.3 is 10.4 Å². The van der Waals surface area contributed by atoms with Crippen molar-refractivity contribution in [3.8, 4) is 0 Å². The van der Waals surface area contributed by atoms with Gasteiger partial charge in [0.15, 0.2) is 0 Å². The van der Waals surface area contributed by atoms with Gasteiger partial charge >= 0.3 is 0 Å². The molecule has 4 nitrogen and oxygen atoms in total. The Morgan fingerprint density at radius 2 is 1.85 bits per heavy atom. The lowest BCUT2D eigenvalue weighted by molar-refractivity contribution is -0.121. The molecule has 0 saturated carbocycles. The standard InChI is InChI=1S/C16H26N2O2/c1-12(2)13(3)18-15(20)10-17-16(4,11-19)14-8-6-5-7-9-14/h5-9,12-13,17,19H,10-11H2,1-4H3,(H,18,20). The molecule has 0 aliphatic rings. The minimum Gasteiger partial charge on any atom is -0.394 e. The van der Waals surface area contributed by atoms with Crippen LogP contribution in [0.2, 0.25) is 0 Å². The van der Waals surface area contributed by atoms with Crippen LogP contribution in [-0.4, -0.2) is 30.2 Å². The number of amides is 1. The second kappa shape index (κ2) is 7.41. The number of carbonyl (C=O) groups excluding carboxylic acids is 1. The van der Waals surface area contributed by atoms with Crippen LogP contribution in [0.4, 0.5) is 0 Å². The highest BCUT2D eigenvalue weighted by atomic mass is 16.3. The number of hydrogen-bond donors (Lipinski definition) is 3. The SMILES string of the molecule is CC(C)C(C)NC(=O)CNC(C)(CO)c1ccccc1. The molecule has 1 amide bonds. The summed E-state index contributed by atoms with van der Waals surface area (Å²) in [4.78, 5) is 11.9. The van der Waals surface area contributed by atoms with Crippen molar-refractivity contribution in [3.05, 3.63) is 35.9 Å². The Kier molecular flexibility index (Phi) is 6.17. The number of aliphatic hydroxyl groups excluding tert-OH is 1. The first-order valence-corrected chi connectivity index (χ1v) is 7.10. The summed E-state index contributed by atoms with van der Waals surface area (Å²) in [5, 5.41) is 15.7. The maximum Gasteiger partial charge on any atom is 0.234 e. The van der Waals surface area contributed by atoms with E-state index < -0.39 is 5.54 Å². The zero-order valence-corrected chi connectivity index (χ0v) is 12.8. The topological polar surface area (TPSA) is 61.4 Å². The molecule has 0 spiro atoms. The van der Waals surface area contributed by atoms with Gasteiger partial charge in [0.05, 0.1) is 18.7 Å². The summed E-state index contributed by atoms with van der Waals surface area (Å²) in [6.45, 7) is 8.14. The summed E-state index contributed by atoms with van der Waals surface area (Å²) in [6, 6.07) is 9.80. The third kappa shape index (κ3) is 4.62. The highest BCUT2D eigenvalue weighted by Crippen LogP contribution is 2.19. The second-order valence-electron chi connectivity index (χ2n) is 5.81. The molecule has 0 aromatic heterocycles. The highest BCUT2D eigenvalue weighted by molar-refractivity contribution is 5.78. The first-order valence-electron chi connectivity index (χ1n) is 7.10. The van der Waals surface area contributed by atoms with E-state index >= 15 is 0 Å². The van der Waals surface area contributed by atoms with Crippen molar-refractivity contribution in [2.75, 3.05) is 13.2 Å². The Hall–Kier alpha value is -1.39. The Morgan fingerprint density at radius 3 is 2.35 bits per heavy atom. The number of benzene rings is 1. The summed E-state index contributed by atoms with van der Waals surface area (Å²) in [7, 11) is 0. The van der Waals surface area contributed by atoms with Crippen molar-refractivity contribution in [1.29, 1.82) is 0 Å². The Labute approximate surface area is 121 Å². The number of aliphatic hydroxyl groups is 1. The van der Waals surface area contributed by atoms with E-state index in [4.69, 9.17) is 0 Å². The van der Waals surface area contributed by atoms with Gasteiger partial charge in [0, 0.05) is 6.04 Å². The van der Waals surface area contributed by atoms with Crippen LogP contribution in [0, 0.1) is 5.92 Å². The van der Waals surface area contributed by atoms with Gasteiger partial charge in [-0.25, -0.2) is 0 Å². The third-order valence-corrected chi connectivity index (χ3v) is 3.75. The fraction of sp³-hybridized carbons (Fsp3) is 0.562. The zero-order valence-electron chi connectivity index (χ0n) is 12.8. The maximum atomic E-state index is 11.9. The molecule has 112 valence electrons. The van der Waals surface area contributed by atoms with E-state index in [-0.39, 0.29) is 25.1 Å². The lowest BCUT2D eigenvalue weighted by atomic mass is 9.93. The fourth-order valence-electron chi connectivity index (χ4n) is 1.80. The smallest absolute Gasteiger partial charge is 0.234 e. The fourth-order valence-corrected chi connectivity index (χ4v) is 1.80. The van der Waals surface area contributed by atoms with Gasteiger partial charge in [0.25, 0.3) is 0 Å². The van der Waals surface area contributed by atoms with E-state index in [1.54, 1.807) is 0 Å². The molecule has 0 aliphatic heterocycles. The normalized spacial score (nSPS) is 15.7. The van der Waals surface area contributed by atoms with E-state index in [1.165, 1.54) is 0 Å². The molecule has 1 rings (SSSR count). The molecule has 4 heteroatoms. The number of rotatable bonds is 7. The van der Waals surface area contributed by atoms with Gasteiger partial charge in [-0.05, 0) is 25.3 Å². The van der Waals surface area contributed by atoms with Crippen LogP contribution in [0.1, 0.15) is 33.3 Å². The van der Waals surface area contributed by atoms with Crippen molar-refractivity contribution in [3.63, 3.8) is 0 Å². The molecule has 3 N–H and O–H groups in total. The third-order valence-electron chi connectivity index (χ3n) is 3.75. The summed E-state index contributed by atoms with van der Waals surface area (Å²) >= 11 is 0. The quantitative estimate of drug-likeness (QED) is 0.710. The van der Waals surface area contributed by atoms with Gasteiger partial charge in [0.1, 0.15) is 0 Å². The predicted octanol–water partition coefficient (Wildman–Crippen LogP) is 1.64. The van der Waals surface area contributed by atoms with Gasteiger partial charge in [-0.2, -0.15) is 0 Å². The minimum absolute atomic E-state index is 0.0539. The molecule has 0 bridgehead atoms. The predicted molar refractivity (Wildman–Crippen MR) is 81.3 cm³/mol. The van der Waals surface area contributed by atoms with E-state index in [0.29, 0.717) is 5.92 Å². The first-order chi connectivity index (χ1) is 9.39. The van der Waals surface area contributed by atoms with E-state index in [0.717, 1.165) is 5.56 Å². The Bertz CT molecular complexity index is 420. The summed E-state index contributed by atoms with van der Waals surface area (Å²) in [6.07, 6.45) is 0. The van der Waals surface area contributed by atoms with Gasteiger partial charge in [-0.15, -0.1) is 0 Å². The average Bonchev–Trinajstić information content (AvgIpc) is 2.45. The zero-order chi connectivity index (χ0) is 15.2. The maximum absolute atomic E-state index is 11.9. The molecule has 20 heavy (non-hydrogen) atoms. The van der Waals surface area contributed by atoms with Crippen LogP contribution >= 0.6 is 0 Å². The summed E-state index contributed by atoms with van der Waals surface area (Å²) < 4.78 is 0. The van der Waals surface area contributed by atoms with Crippen molar-refractivity contribution in [2.24, 2.45) is 5.92 Å². The lowest BCUT2D eigenvalue weighted by Gasteiger charge is -2.29. The van der Waals surface area contributed by atoms with E-state index in [1.807, 2.05) is 44.2 Å². The van der Waals surface area contributed by atoms with Crippen LogP contribution in [0.5, 0.6) is 0 Å². The van der Waals surface area contributed by atoms with Crippen molar-refractivity contribution in [1.82, 2.24) is 10.6 Å². The number of hydrogen-bond acceptors (Lipinski definition) is 3. The average molecular weight is 278 g/mol. The van der Waals surface area contributed by atoms with Crippen LogP contribution in [0.15, 0.2) is 30.3 Å². The summed E-state index contributed by atoms with van der Waals surface area (Å²) in [5.41, 5.74) is 0.354. The molecule has 0 radical (unpaired) electrons. The van der Waals surface area contributed by atoms with Crippen molar-refractivity contribution < 1.29 is 9.90 Å². The number of carbonyl (C=O) groups is 1. The largest absolute Gasteiger partial charge is 0.394 e. The molecule has 0 aliphatic carbocycles. The Morgan fingerprint density at radius 1 is 1.25 bits per heavy atom. The molecule has 1 aromatic rings. The molecule has 0 saturated heterocycles. The molecular weight excluding hydrogens is 252 g/mol. The van der Waals surface area contributed by atoms with Crippen LogP contribution in [-0.2, 0) is 10.3 Å². The van der Waals surface area contributed by atoms with Crippen molar-refractivity contribution >= 4 is 5.91 Å². The number of nitrogens with one attached hydrogen (secondary N) is 2. The molecular formula is C16H26N2O2. The monoisotopic (exact) mass is 278 g/mol. The van der Waals surface area contributed by atoms with Crippen LogP contribution in [0.25, 0.3) is 0 Å². The molecule has 2 unspecified atom stereocenters. The Balaban J connectivity index is 2.60. The van der Waals surface area contributed by atoms with Crippen LogP contribution in [0.3, 0.4) is 0 Å². The van der Waals surface area contributed by atoms with Crippen LogP contribution < -0.4 is 10.6 Å².